The summed E-state index contributed by atoms with van der Waals surface area (Å²) in [5.74, 6) is -6.17. The zero-order valence-corrected chi connectivity index (χ0v) is 37.9. The average Bonchev–Trinajstić information content (AvgIpc) is 3.97. The third kappa shape index (κ3) is 8.61. The van der Waals surface area contributed by atoms with Crippen LogP contribution in [0.3, 0.4) is 0 Å². The van der Waals surface area contributed by atoms with Crippen LogP contribution in [-0.4, -0.2) is 106 Å². The van der Waals surface area contributed by atoms with Gasteiger partial charge >= 0.3 is 11.8 Å². The highest BCUT2D eigenvalue weighted by Crippen LogP contribution is 2.50. The summed E-state index contributed by atoms with van der Waals surface area (Å²) in [6, 6.07) is 0. The molecule has 342 valence electrons. The fraction of sp³-hybridized carbons (Fsp3) is 0.604. The van der Waals surface area contributed by atoms with E-state index in [-0.39, 0.29) is 55.4 Å². The maximum atomic E-state index is 14.8. The van der Waals surface area contributed by atoms with Crippen molar-refractivity contribution in [2.24, 2.45) is 39.6 Å². The van der Waals surface area contributed by atoms with Gasteiger partial charge in [-0.3, -0.25) is 24.4 Å². The van der Waals surface area contributed by atoms with Crippen LogP contribution in [0.4, 0.5) is 5.69 Å². The number of likely N-dealkylation sites (tertiary alicyclic amines) is 1. The van der Waals surface area contributed by atoms with Crippen molar-refractivity contribution in [3.05, 3.63) is 58.0 Å². The van der Waals surface area contributed by atoms with Crippen molar-refractivity contribution in [3.8, 4) is 17.2 Å². The summed E-state index contributed by atoms with van der Waals surface area (Å²) >= 11 is 0. The predicted molar refractivity (Wildman–Crippen MR) is 235 cm³/mol. The topological polar surface area (TPSA) is 209 Å². The number of phenols is 2. The maximum Gasteiger partial charge on any atom is 0.312 e. The number of carbonyl (C=O) groups excluding carboxylic acids is 3. The number of esters is 1. The minimum absolute atomic E-state index is 0.0434. The number of fused-ring (bicyclic) bond motifs is 1. The molecule has 7 rings (SSSR count). The molecule has 2 fully saturated rings. The third-order valence-electron chi connectivity index (χ3n) is 14.3. The Labute approximate surface area is 368 Å². The number of piperidine rings is 1. The number of anilines is 1. The van der Waals surface area contributed by atoms with Gasteiger partial charge in [-0.1, -0.05) is 58.8 Å². The molecule has 1 saturated heterocycles. The van der Waals surface area contributed by atoms with Gasteiger partial charge in [0.05, 0.1) is 40.9 Å². The molecule has 1 amide bonds. The van der Waals surface area contributed by atoms with Crippen LogP contribution in [0.15, 0.2) is 46.1 Å². The van der Waals surface area contributed by atoms with E-state index in [9.17, 15) is 34.8 Å². The number of hydrogen-bond acceptors (Lipinski definition) is 14. The zero-order chi connectivity index (χ0) is 45.7. The summed E-state index contributed by atoms with van der Waals surface area (Å²) in [4.78, 5) is 54.0. The van der Waals surface area contributed by atoms with Crippen molar-refractivity contribution in [2.75, 3.05) is 32.1 Å². The van der Waals surface area contributed by atoms with E-state index < -0.39 is 82.9 Å². The summed E-state index contributed by atoms with van der Waals surface area (Å²) in [5.41, 5.74) is -0.521. The lowest BCUT2D eigenvalue weighted by molar-refractivity contribution is -0.160. The second-order valence-electron chi connectivity index (χ2n) is 18.7. The largest absolute Gasteiger partial charge is 0.507 e. The predicted octanol–water partition coefficient (Wildman–Crippen LogP) is 5.28. The lowest BCUT2D eigenvalue weighted by Crippen LogP contribution is -2.46. The van der Waals surface area contributed by atoms with E-state index in [2.05, 4.69) is 10.2 Å². The van der Waals surface area contributed by atoms with E-state index in [4.69, 9.17) is 28.9 Å². The van der Waals surface area contributed by atoms with Gasteiger partial charge in [0.2, 0.25) is 0 Å². The number of rotatable bonds is 4. The van der Waals surface area contributed by atoms with Crippen molar-refractivity contribution in [1.29, 1.82) is 0 Å². The minimum atomic E-state index is -1.95. The number of nitrogens with one attached hydrogen (secondary N) is 1. The third-order valence-corrected chi connectivity index (χ3v) is 14.3. The van der Waals surface area contributed by atoms with Gasteiger partial charge in [0, 0.05) is 93.6 Å². The molecule has 15 heteroatoms. The molecule has 1 spiro atoms. The Balaban J connectivity index is 1.37. The van der Waals surface area contributed by atoms with Crippen LogP contribution >= 0.6 is 0 Å². The van der Waals surface area contributed by atoms with Crippen molar-refractivity contribution in [2.45, 2.75) is 130 Å². The number of nitrogens with zero attached hydrogens (tertiary/aromatic N) is 3. The van der Waals surface area contributed by atoms with Gasteiger partial charge in [-0.15, -0.1) is 0 Å². The smallest absolute Gasteiger partial charge is 0.312 e. The van der Waals surface area contributed by atoms with Gasteiger partial charge in [-0.2, -0.15) is 0 Å². The van der Waals surface area contributed by atoms with Gasteiger partial charge < -0.3 is 49.6 Å². The Kier molecular flexibility index (Phi) is 13.2. The highest BCUT2D eigenvalue weighted by Gasteiger charge is 2.50. The summed E-state index contributed by atoms with van der Waals surface area (Å²) in [6.07, 6.45) is 10.1. The van der Waals surface area contributed by atoms with Crippen LogP contribution in [0.1, 0.15) is 103 Å². The number of hydrogen-bond donors (Lipinski definition) is 5. The molecule has 0 radical (unpaired) electrons. The van der Waals surface area contributed by atoms with Crippen molar-refractivity contribution in [1.82, 2.24) is 4.90 Å². The van der Waals surface area contributed by atoms with Crippen LogP contribution in [0.25, 0.3) is 10.8 Å². The number of allylic oxidation sites excluding steroid dienone is 2. The number of amides is 1. The van der Waals surface area contributed by atoms with E-state index in [0.717, 1.165) is 19.6 Å². The first-order chi connectivity index (χ1) is 29.8. The fourth-order valence-electron chi connectivity index (χ4n) is 10.2. The number of Topliss-reactive ketones (excluding diaryl/α,β-unsaturated/α-hetero) is 1. The van der Waals surface area contributed by atoms with Crippen molar-refractivity contribution in [3.63, 3.8) is 0 Å². The molecular formula is C48H64N4O11. The minimum Gasteiger partial charge on any atom is -0.507 e. The fourth-order valence-corrected chi connectivity index (χ4v) is 10.2. The van der Waals surface area contributed by atoms with Gasteiger partial charge in [0.1, 0.15) is 28.6 Å². The zero-order valence-electron chi connectivity index (χ0n) is 37.9. The molecule has 1 aliphatic carbocycles. The van der Waals surface area contributed by atoms with E-state index in [0.29, 0.717) is 18.8 Å². The Hall–Kier alpha value is -4.83. The van der Waals surface area contributed by atoms with E-state index in [1.54, 1.807) is 65.8 Å². The molecule has 4 bridgehead atoms. The van der Waals surface area contributed by atoms with Crippen LogP contribution in [0.5, 0.6) is 17.2 Å². The molecule has 5 N–H and O–H groups in total. The summed E-state index contributed by atoms with van der Waals surface area (Å²) in [6.45, 7) is 15.4. The lowest BCUT2D eigenvalue weighted by Gasteiger charge is -2.38. The second-order valence-corrected chi connectivity index (χ2v) is 18.7. The van der Waals surface area contributed by atoms with E-state index >= 15 is 0 Å². The van der Waals surface area contributed by atoms with Gasteiger partial charge in [0.25, 0.3) is 11.7 Å². The molecule has 2 aromatic rings. The summed E-state index contributed by atoms with van der Waals surface area (Å²) < 4.78 is 24.1. The number of aromatic hydroxyl groups is 2. The molecule has 63 heavy (non-hydrogen) atoms. The molecule has 4 aliphatic heterocycles. The van der Waals surface area contributed by atoms with Crippen molar-refractivity contribution < 1.29 is 53.8 Å². The van der Waals surface area contributed by atoms with Gasteiger partial charge in [-0.25, -0.2) is 0 Å². The first-order valence-electron chi connectivity index (χ1n) is 22.4. The first-order valence-corrected chi connectivity index (χ1v) is 22.4. The number of aliphatic hydroxyl groups is 2. The van der Waals surface area contributed by atoms with Gasteiger partial charge in [-0.05, 0) is 38.7 Å². The van der Waals surface area contributed by atoms with Crippen LogP contribution in [0.2, 0.25) is 0 Å². The number of aliphatic hydroxyl groups excluding tert-OH is 2. The molecule has 2 aromatic carbocycles. The number of phenolic OH excluding ortho intramolecular Hbond substituents is 2. The normalized spacial score (nSPS) is 33.5. The maximum absolute atomic E-state index is 14.8. The highest BCUT2D eigenvalue weighted by molar-refractivity contribution is 6.19. The molecule has 15 nitrogen and oxygen atoms in total. The monoisotopic (exact) mass is 872 g/mol. The average molecular weight is 873 g/mol. The molecule has 0 aromatic heterocycles. The quantitative estimate of drug-likeness (QED) is 0.196. The number of benzene rings is 2. The van der Waals surface area contributed by atoms with Crippen LogP contribution in [-0.2, 0) is 23.8 Å². The number of ketones is 1. The number of ether oxygens (including phenoxy) is 4. The molecule has 0 unspecified atom stereocenters. The second kappa shape index (κ2) is 18.0. The Morgan fingerprint density at radius 1 is 0.937 bits per heavy atom. The summed E-state index contributed by atoms with van der Waals surface area (Å²) in [5, 5.41) is 50.4. The molecule has 5 aliphatic rings. The molecular weight excluding hydrogens is 809 g/mol. The lowest BCUT2D eigenvalue weighted by atomic mass is 9.78. The first kappa shape index (κ1) is 46.2. The Bertz CT molecular complexity index is 2360. The van der Waals surface area contributed by atoms with Gasteiger partial charge in [0.15, 0.2) is 11.4 Å². The number of methoxy groups -OCH3 is 1. The summed E-state index contributed by atoms with van der Waals surface area (Å²) in [7, 11) is 1.47. The molecule has 1 saturated carbocycles. The Morgan fingerprint density at radius 2 is 1.60 bits per heavy atom. The number of carbonyl (C=O) groups is 3. The van der Waals surface area contributed by atoms with Crippen molar-refractivity contribution >= 4 is 34.1 Å². The molecule has 9 atom stereocenters. The molecule has 4 heterocycles. The van der Waals surface area contributed by atoms with E-state index in [1.165, 1.54) is 52.9 Å². The van der Waals surface area contributed by atoms with Crippen LogP contribution in [0, 0.1) is 36.5 Å². The SMILES string of the molecule is CO[C@H]1/C=C/O[C@@]2(C)Oc3c(C)c(O)c4c(O)c(c5c(c4c3C2=O)=NC2(CCN(CC3CCCC3)CC2)N=5)NC(=O)/C(C)=C\C=C\[C@H](C)[C@H](O)[C@@H](C)[C@@H](O)[C@@H](C)[C@H](OC(C)=O)[C@@H]1C. The Morgan fingerprint density at radius 3 is 2.25 bits per heavy atom. The standard InChI is InChI=1S/C48H64N4O11/c1-24-13-12-14-25(2)46(59)49-38-37-36(50-48(51-37)18-20-52(21-19-48)23-31-15-10-11-16-31)33-34(42(38)57)41(56)29(6)44-35(33)45(58)47(8,63-44)61-22-17-32(60-9)26(3)43(62-30(7)53)28(5)40(55)27(4)39(24)54/h12-14,17,22,24,26-28,31-32,39-40,43,54-57H,10-11,15-16,18-21,23H2,1-9H3,(H,49,59)/b13-12+,22-17+,25-14-/t24-,26+,27+,28+,32-,39-,40+,43+,47-/m0/s1. The van der Waals surface area contributed by atoms with Crippen LogP contribution < -0.4 is 20.8 Å². The highest BCUT2D eigenvalue weighted by atomic mass is 16.7. The van der Waals surface area contributed by atoms with E-state index in [1.807, 2.05) is 0 Å².